The van der Waals surface area contributed by atoms with Crippen molar-refractivity contribution in [1.29, 1.82) is 0 Å². The van der Waals surface area contributed by atoms with Gasteiger partial charge < -0.3 is 0 Å². The molecule has 0 N–H and O–H groups in total. The zero-order chi connectivity index (χ0) is 10.1. The van der Waals surface area contributed by atoms with Crippen molar-refractivity contribution in [3.05, 3.63) is 33.0 Å². The van der Waals surface area contributed by atoms with Crippen molar-refractivity contribution in [2.45, 2.75) is 20.4 Å². The number of rotatable bonds is 2. The molecule has 5 heteroatoms. The third kappa shape index (κ3) is 1.96. The molecule has 2 aromatic rings. The van der Waals surface area contributed by atoms with Crippen molar-refractivity contribution >= 4 is 22.9 Å². The van der Waals surface area contributed by atoms with Crippen molar-refractivity contribution in [3.63, 3.8) is 0 Å². The Morgan fingerprint density at radius 3 is 2.79 bits per heavy atom. The summed E-state index contributed by atoms with van der Waals surface area (Å²) in [5.74, 6) is 0. The number of aryl methyl sites for hydroxylation is 2. The highest BCUT2D eigenvalue weighted by Gasteiger charge is 2.04. The predicted octanol–water partition coefficient (Wildman–Crippen LogP) is 2.66. The van der Waals surface area contributed by atoms with Gasteiger partial charge in [0, 0.05) is 16.8 Å². The summed E-state index contributed by atoms with van der Waals surface area (Å²) in [6.07, 6.45) is 1.80. The topological polar surface area (TPSA) is 30.7 Å². The summed E-state index contributed by atoms with van der Waals surface area (Å²) < 4.78 is 2.54. The van der Waals surface area contributed by atoms with Crippen molar-refractivity contribution in [1.82, 2.24) is 14.8 Å². The fourth-order valence-electron chi connectivity index (χ4n) is 1.34. The van der Waals surface area contributed by atoms with Crippen molar-refractivity contribution in [3.8, 4) is 0 Å². The van der Waals surface area contributed by atoms with Crippen LogP contribution in [-0.4, -0.2) is 14.8 Å². The molecular formula is C9H10ClN3S. The summed E-state index contributed by atoms with van der Waals surface area (Å²) in [4.78, 5) is 5.12. The Kier molecular flexibility index (Phi) is 2.56. The first-order chi connectivity index (χ1) is 6.65. The van der Waals surface area contributed by atoms with Crippen LogP contribution in [0.15, 0.2) is 12.3 Å². The number of aromatic nitrogens is 3. The Balaban J connectivity index is 2.22. The Morgan fingerprint density at radius 1 is 1.50 bits per heavy atom. The number of thiazole rings is 1. The average Bonchev–Trinajstić information content (AvgIpc) is 2.61. The number of hydrogen-bond donors (Lipinski definition) is 0. The minimum absolute atomic E-state index is 0.585. The van der Waals surface area contributed by atoms with Crippen molar-refractivity contribution in [2.24, 2.45) is 0 Å². The van der Waals surface area contributed by atoms with Gasteiger partial charge in [-0.25, -0.2) is 4.98 Å². The predicted molar refractivity (Wildman–Crippen MR) is 57.9 cm³/mol. The first-order valence-electron chi connectivity index (χ1n) is 4.26. The molecule has 14 heavy (non-hydrogen) atoms. The number of hydrogen-bond acceptors (Lipinski definition) is 3. The lowest BCUT2D eigenvalue weighted by atomic mass is 10.4. The van der Waals surface area contributed by atoms with Gasteiger partial charge in [0.2, 0.25) is 0 Å². The maximum absolute atomic E-state index is 5.75. The molecule has 0 atom stereocenters. The van der Waals surface area contributed by atoms with Crippen LogP contribution in [-0.2, 0) is 6.54 Å². The lowest BCUT2D eigenvalue weighted by molar-refractivity contribution is 0.665. The molecule has 0 unspecified atom stereocenters. The van der Waals surface area contributed by atoms with Gasteiger partial charge in [0.25, 0.3) is 0 Å². The van der Waals surface area contributed by atoms with Crippen LogP contribution in [0, 0.1) is 13.8 Å². The molecule has 0 amide bonds. The van der Waals surface area contributed by atoms with Crippen LogP contribution >= 0.6 is 22.9 Å². The SMILES string of the molecule is Cc1cc(C)n(Cc2cnc(Cl)s2)n1. The quantitative estimate of drug-likeness (QED) is 0.790. The maximum Gasteiger partial charge on any atom is 0.183 e. The summed E-state index contributed by atoms with van der Waals surface area (Å²) in [5.41, 5.74) is 2.20. The summed E-state index contributed by atoms with van der Waals surface area (Å²) in [6, 6.07) is 2.06. The van der Waals surface area contributed by atoms with Crippen LogP contribution in [0.1, 0.15) is 16.3 Å². The minimum atomic E-state index is 0.585. The molecule has 0 saturated heterocycles. The van der Waals surface area contributed by atoms with Gasteiger partial charge in [-0.05, 0) is 19.9 Å². The largest absolute Gasteiger partial charge is 0.264 e. The molecule has 2 heterocycles. The zero-order valence-electron chi connectivity index (χ0n) is 7.99. The first kappa shape index (κ1) is 9.68. The Labute approximate surface area is 91.4 Å². The summed E-state index contributed by atoms with van der Waals surface area (Å²) in [6.45, 7) is 4.79. The average molecular weight is 228 g/mol. The summed E-state index contributed by atoms with van der Waals surface area (Å²) >= 11 is 7.24. The minimum Gasteiger partial charge on any atom is -0.264 e. The van der Waals surface area contributed by atoms with Gasteiger partial charge >= 0.3 is 0 Å². The van der Waals surface area contributed by atoms with Gasteiger partial charge in [-0.2, -0.15) is 5.10 Å². The van der Waals surface area contributed by atoms with E-state index in [-0.39, 0.29) is 0 Å². The molecule has 0 aromatic carbocycles. The Hall–Kier alpha value is -0.870. The second kappa shape index (κ2) is 3.71. The van der Waals surface area contributed by atoms with E-state index in [1.807, 2.05) is 18.5 Å². The normalized spacial score (nSPS) is 10.8. The molecule has 0 bridgehead atoms. The fraction of sp³-hybridized carbons (Fsp3) is 0.333. The number of nitrogens with zero attached hydrogens (tertiary/aromatic N) is 3. The molecule has 0 saturated carbocycles. The van der Waals surface area contributed by atoms with E-state index in [0.717, 1.165) is 22.8 Å². The van der Waals surface area contributed by atoms with Gasteiger partial charge in [0.05, 0.1) is 12.2 Å². The van der Waals surface area contributed by atoms with Gasteiger partial charge in [-0.3, -0.25) is 4.68 Å². The molecule has 0 radical (unpaired) electrons. The highest BCUT2D eigenvalue weighted by molar-refractivity contribution is 7.15. The smallest absolute Gasteiger partial charge is 0.183 e. The Morgan fingerprint density at radius 2 is 2.29 bits per heavy atom. The van der Waals surface area contributed by atoms with Gasteiger partial charge in [0.1, 0.15) is 0 Å². The van der Waals surface area contributed by atoms with Crippen molar-refractivity contribution in [2.75, 3.05) is 0 Å². The highest BCUT2D eigenvalue weighted by atomic mass is 35.5. The van der Waals surface area contributed by atoms with Crippen LogP contribution < -0.4 is 0 Å². The third-order valence-corrected chi connectivity index (χ3v) is 3.03. The van der Waals surface area contributed by atoms with Gasteiger partial charge in [0.15, 0.2) is 4.47 Å². The van der Waals surface area contributed by atoms with E-state index in [1.165, 1.54) is 11.3 Å². The van der Waals surface area contributed by atoms with Crippen LogP contribution in [0.5, 0.6) is 0 Å². The van der Waals surface area contributed by atoms with Crippen LogP contribution in [0.3, 0.4) is 0 Å². The molecule has 3 nitrogen and oxygen atoms in total. The van der Waals surface area contributed by atoms with Gasteiger partial charge in [-0.1, -0.05) is 11.6 Å². The standard InChI is InChI=1S/C9H10ClN3S/c1-6-3-7(2)13(12-6)5-8-4-11-9(10)14-8/h3-4H,5H2,1-2H3. The van der Waals surface area contributed by atoms with Crippen LogP contribution in [0.4, 0.5) is 0 Å². The monoisotopic (exact) mass is 227 g/mol. The molecule has 0 aliphatic carbocycles. The molecule has 0 aliphatic heterocycles. The second-order valence-electron chi connectivity index (χ2n) is 3.16. The molecule has 0 aliphatic rings. The van der Waals surface area contributed by atoms with E-state index in [2.05, 4.69) is 16.1 Å². The second-order valence-corrected chi connectivity index (χ2v) is 4.86. The van der Waals surface area contributed by atoms with E-state index < -0.39 is 0 Å². The van der Waals surface area contributed by atoms with Crippen molar-refractivity contribution < 1.29 is 0 Å². The number of halogens is 1. The molecule has 2 rings (SSSR count). The Bertz CT molecular complexity index is 447. The van der Waals surface area contributed by atoms with E-state index in [4.69, 9.17) is 11.6 Å². The molecule has 0 spiro atoms. The molecule has 2 aromatic heterocycles. The van der Waals surface area contributed by atoms with E-state index in [9.17, 15) is 0 Å². The molecular weight excluding hydrogens is 218 g/mol. The van der Waals surface area contributed by atoms with Crippen LogP contribution in [0.25, 0.3) is 0 Å². The maximum atomic E-state index is 5.75. The lowest BCUT2D eigenvalue weighted by Crippen LogP contribution is -2.02. The van der Waals surface area contributed by atoms with E-state index in [1.54, 1.807) is 6.20 Å². The fourth-order valence-corrected chi connectivity index (χ4v) is 2.30. The molecule has 0 fully saturated rings. The third-order valence-electron chi connectivity index (χ3n) is 1.93. The lowest BCUT2D eigenvalue weighted by Gasteiger charge is -2.00. The molecule has 74 valence electrons. The van der Waals surface area contributed by atoms with Crippen LogP contribution in [0.2, 0.25) is 4.47 Å². The van der Waals surface area contributed by atoms with E-state index in [0.29, 0.717) is 4.47 Å². The zero-order valence-corrected chi connectivity index (χ0v) is 9.56. The van der Waals surface area contributed by atoms with E-state index >= 15 is 0 Å². The first-order valence-corrected chi connectivity index (χ1v) is 5.46. The highest BCUT2D eigenvalue weighted by Crippen LogP contribution is 2.19. The summed E-state index contributed by atoms with van der Waals surface area (Å²) in [5, 5.41) is 4.37. The van der Waals surface area contributed by atoms with Gasteiger partial charge in [-0.15, -0.1) is 11.3 Å². The summed E-state index contributed by atoms with van der Waals surface area (Å²) in [7, 11) is 0.